The van der Waals surface area contributed by atoms with E-state index in [0.29, 0.717) is 0 Å². The van der Waals surface area contributed by atoms with Crippen molar-refractivity contribution in [3.63, 3.8) is 0 Å². The van der Waals surface area contributed by atoms with Crippen LogP contribution in [0.5, 0.6) is 0 Å². The van der Waals surface area contributed by atoms with Crippen molar-refractivity contribution < 1.29 is 4.74 Å². The van der Waals surface area contributed by atoms with Gasteiger partial charge in [-0.15, -0.1) is 11.8 Å². The summed E-state index contributed by atoms with van der Waals surface area (Å²) >= 11 is 3.49. The van der Waals surface area contributed by atoms with E-state index in [-0.39, 0.29) is 17.6 Å². The number of benzene rings is 1. The van der Waals surface area contributed by atoms with Crippen LogP contribution in [0.25, 0.3) is 5.65 Å². The number of piperidine rings is 1. The third kappa shape index (κ3) is 3.39. The van der Waals surface area contributed by atoms with Crippen molar-refractivity contribution in [1.29, 1.82) is 0 Å². The summed E-state index contributed by atoms with van der Waals surface area (Å²) in [5.74, 6) is 0.959. The van der Waals surface area contributed by atoms with Crippen molar-refractivity contribution in [2.24, 2.45) is 11.1 Å². The fourth-order valence-electron chi connectivity index (χ4n) is 4.64. The van der Waals surface area contributed by atoms with Crippen LogP contribution in [0.4, 0.5) is 5.95 Å². The summed E-state index contributed by atoms with van der Waals surface area (Å²) in [7, 11) is 0. The Balaban J connectivity index is 1.40. The molecule has 6 nitrogen and oxygen atoms in total. The van der Waals surface area contributed by atoms with Gasteiger partial charge >= 0.3 is 0 Å². The van der Waals surface area contributed by atoms with Gasteiger partial charge in [0.2, 0.25) is 5.95 Å². The van der Waals surface area contributed by atoms with E-state index in [1.165, 1.54) is 9.79 Å². The molecule has 8 heteroatoms. The number of hydrogen-bond acceptors (Lipinski definition) is 7. The maximum absolute atomic E-state index is 6.48. The minimum atomic E-state index is 0.112. The van der Waals surface area contributed by atoms with Crippen molar-refractivity contribution in [1.82, 2.24) is 14.4 Å². The number of nitrogens with zero attached hydrogens (tertiary/aromatic N) is 4. The Kier molecular flexibility index (Phi) is 5.43. The van der Waals surface area contributed by atoms with Gasteiger partial charge in [-0.25, -0.2) is 9.97 Å². The van der Waals surface area contributed by atoms with E-state index in [0.717, 1.165) is 49.0 Å². The molecule has 2 fully saturated rings. The molecular formula is C22H27N5OS2. The quantitative estimate of drug-likeness (QED) is 0.615. The molecule has 5 rings (SSSR count). The molecule has 2 aliphatic rings. The molecule has 0 bridgehead atoms. The predicted molar refractivity (Wildman–Crippen MR) is 123 cm³/mol. The van der Waals surface area contributed by atoms with Gasteiger partial charge in [-0.3, -0.25) is 4.40 Å². The SMILES string of the molecule is CSc1ccccc1Sc1cnc(N2CCC3(CC2)CO[C@@H](C)[C@H]3N)n2ccnc12. The molecular weight excluding hydrogens is 414 g/mol. The van der Waals surface area contributed by atoms with Crippen LogP contribution in [-0.4, -0.2) is 52.5 Å². The zero-order valence-corrected chi connectivity index (χ0v) is 19.0. The lowest BCUT2D eigenvalue weighted by atomic mass is 9.73. The Morgan fingerprint density at radius 3 is 2.60 bits per heavy atom. The summed E-state index contributed by atoms with van der Waals surface area (Å²) < 4.78 is 7.99. The third-order valence-electron chi connectivity index (χ3n) is 6.55. The summed E-state index contributed by atoms with van der Waals surface area (Å²) in [6, 6.07) is 8.58. The first kappa shape index (κ1) is 20.2. The van der Waals surface area contributed by atoms with Gasteiger partial charge in [-0.05, 0) is 38.2 Å². The number of nitrogens with two attached hydrogens (primary N) is 1. The van der Waals surface area contributed by atoms with Crippen molar-refractivity contribution in [3.8, 4) is 0 Å². The van der Waals surface area contributed by atoms with Crippen LogP contribution < -0.4 is 10.6 Å². The molecule has 2 N–H and O–H groups in total. The average molecular weight is 442 g/mol. The summed E-state index contributed by atoms with van der Waals surface area (Å²) in [6.45, 7) is 4.74. The molecule has 2 saturated heterocycles. The molecule has 2 aromatic heterocycles. The normalized spacial score (nSPS) is 23.5. The summed E-state index contributed by atoms with van der Waals surface area (Å²) in [4.78, 5) is 15.4. The second-order valence-electron chi connectivity index (χ2n) is 8.19. The number of rotatable bonds is 4. The number of aromatic nitrogens is 3. The lowest BCUT2D eigenvalue weighted by molar-refractivity contribution is 0.0973. The van der Waals surface area contributed by atoms with Gasteiger partial charge in [0.15, 0.2) is 5.65 Å². The fourth-order valence-corrected chi connectivity index (χ4v) is 6.39. The van der Waals surface area contributed by atoms with E-state index in [2.05, 4.69) is 51.7 Å². The van der Waals surface area contributed by atoms with Gasteiger partial charge < -0.3 is 15.4 Å². The van der Waals surface area contributed by atoms with Gasteiger partial charge in [0.25, 0.3) is 0 Å². The summed E-state index contributed by atoms with van der Waals surface area (Å²) in [5.41, 5.74) is 7.55. The van der Waals surface area contributed by atoms with Crippen LogP contribution in [0.15, 0.2) is 57.5 Å². The molecule has 0 saturated carbocycles. The standard InChI is InChI=1S/C22H27N5OS2/c1-15-19(23)22(14-28-15)7-10-26(11-8-22)21-25-13-18(20-24-9-12-27(20)21)30-17-6-4-3-5-16(17)29-2/h3-6,9,12-13,15,19H,7-8,10-11,14,23H2,1-2H3/t15-,19+/m0/s1. The number of ether oxygens (including phenoxy) is 1. The van der Waals surface area contributed by atoms with E-state index < -0.39 is 0 Å². The third-order valence-corrected chi connectivity index (χ3v) is 8.56. The van der Waals surface area contributed by atoms with Crippen LogP contribution in [0, 0.1) is 5.41 Å². The monoisotopic (exact) mass is 441 g/mol. The minimum Gasteiger partial charge on any atom is -0.376 e. The average Bonchev–Trinajstić information content (AvgIpc) is 3.37. The highest BCUT2D eigenvalue weighted by atomic mass is 32.2. The Labute approximate surface area is 185 Å². The van der Waals surface area contributed by atoms with Crippen molar-refractivity contribution in [3.05, 3.63) is 42.9 Å². The van der Waals surface area contributed by atoms with Gasteiger partial charge in [-0.2, -0.15) is 0 Å². The maximum atomic E-state index is 6.48. The van der Waals surface area contributed by atoms with E-state index >= 15 is 0 Å². The summed E-state index contributed by atoms with van der Waals surface area (Å²) in [5, 5.41) is 0. The van der Waals surface area contributed by atoms with Crippen molar-refractivity contribution >= 4 is 35.1 Å². The zero-order valence-electron chi connectivity index (χ0n) is 17.3. The second-order valence-corrected chi connectivity index (χ2v) is 10.1. The van der Waals surface area contributed by atoms with Crippen LogP contribution in [0.1, 0.15) is 19.8 Å². The van der Waals surface area contributed by atoms with Crippen LogP contribution in [-0.2, 0) is 4.74 Å². The lowest BCUT2D eigenvalue weighted by Crippen LogP contribution is -2.51. The molecule has 1 aromatic carbocycles. The number of fused-ring (bicyclic) bond motifs is 1. The highest BCUT2D eigenvalue weighted by molar-refractivity contribution is 8.02. The van der Waals surface area contributed by atoms with Crippen LogP contribution >= 0.6 is 23.5 Å². The topological polar surface area (TPSA) is 68.7 Å². The molecule has 2 aliphatic heterocycles. The maximum Gasteiger partial charge on any atom is 0.211 e. The molecule has 158 valence electrons. The number of anilines is 1. The first-order chi connectivity index (χ1) is 14.6. The molecule has 4 heterocycles. The number of thioether (sulfide) groups is 1. The molecule has 0 amide bonds. The van der Waals surface area contributed by atoms with E-state index in [4.69, 9.17) is 15.5 Å². The number of imidazole rings is 1. The first-order valence-electron chi connectivity index (χ1n) is 10.4. The Morgan fingerprint density at radius 1 is 1.13 bits per heavy atom. The zero-order chi connectivity index (χ0) is 20.7. The van der Waals surface area contributed by atoms with Gasteiger partial charge in [0.05, 0.1) is 17.6 Å². The smallest absolute Gasteiger partial charge is 0.211 e. The molecule has 2 atom stereocenters. The molecule has 1 spiro atoms. The van der Waals surface area contributed by atoms with Crippen LogP contribution in [0.3, 0.4) is 0 Å². The minimum absolute atomic E-state index is 0.112. The van der Waals surface area contributed by atoms with Crippen LogP contribution in [0.2, 0.25) is 0 Å². The Morgan fingerprint density at radius 2 is 1.90 bits per heavy atom. The molecule has 3 aromatic rings. The highest BCUT2D eigenvalue weighted by Crippen LogP contribution is 2.42. The first-order valence-corrected chi connectivity index (χ1v) is 12.4. The van der Waals surface area contributed by atoms with E-state index in [9.17, 15) is 0 Å². The lowest BCUT2D eigenvalue weighted by Gasteiger charge is -2.41. The largest absolute Gasteiger partial charge is 0.376 e. The highest BCUT2D eigenvalue weighted by Gasteiger charge is 2.47. The molecule has 0 unspecified atom stereocenters. The molecule has 30 heavy (non-hydrogen) atoms. The van der Waals surface area contributed by atoms with Gasteiger partial charge in [-0.1, -0.05) is 23.9 Å². The van der Waals surface area contributed by atoms with Crippen molar-refractivity contribution in [2.45, 2.75) is 46.6 Å². The summed E-state index contributed by atoms with van der Waals surface area (Å²) in [6.07, 6.45) is 10.2. The number of hydrogen-bond donors (Lipinski definition) is 1. The van der Waals surface area contributed by atoms with Gasteiger partial charge in [0, 0.05) is 52.9 Å². The van der Waals surface area contributed by atoms with E-state index in [1.807, 2.05) is 18.6 Å². The van der Waals surface area contributed by atoms with Gasteiger partial charge in [0.1, 0.15) is 0 Å². The van der Waals surface area contributed by atoms with E-state index in [1.54, 1.807) is 23.5 Å². The second kappa shape index (κ2) is 8.07. The fraction of sp³-hybridized carbons (Fsp3) is 0.455. The Hall–Kier alpha value is -1.74. The van der Waals surface area contributed by atoms with Crippen molar-refractivity contribution in [2.75, 3.05) is 30.9 Å². The Bertz CT molecular complexity index is 1050. The molecule has 0 aliphatic carbocycles. The molecule has 0 radical (unpaired) electrons. The predicted octanol–water partition coefficient (Wildman–Crippen LogP) is 3.94.